The lowest BCUT2D eigenvalue weighted by atomic mass is 10.0. The Bertz CT molecular complexity index is 1690. The Morgan fingerprint density at radius 1 is 1.12 bits per heavy atom. The average molecular weight is 575 g/mol. The van der Waals surface area contributed by atoms with E-state index in [9.17, 15) is 19.2 Å². The van der Waals surface area contributed by atoms with E-state index in [2.05, 4.69) is 24.3 Å². The van der Waals surface area contributed by atoms with Gasteiger partial charge in [-0.1, -0.05) is 38.1 Å². The first kappa shape index (κ1) is 28.0. The normalized spacial score (nSPS) is 15.0. The summed E-state index contributed by atoms with van der Waals surface area (Å²) in [5, 5.41) is 9.54. The number of aromatic nitrogens is 2. The summed E-state index contributed by atoms with van der Waals surface area (Å²) in [4.78, 5) is 54.4. The van der Waals surface area contributed by atoms with E-state index in [4.69, 9.17) is 9.47 Å². The summed E-state index contributed by atoms with van der Waals surface area (Å²) >= 11 is 1.12. The van der Waals surface area contributed by atoms with Crippen molar-refractivity contribution in [3.63, 3.8) is 0 Å². The molecule has 212 valence electrons. The van der Waals surface area contributed by atoms with Gasteiger partial charge in [-0.3, -0.25) is 14.4 Å². The molecule has 0 bridgehead atoms. The standard InChI is InChI=1S/C30H30N4O6S/c1-5-40-30(38)26-21-16-41-28(25(21)29(37)34(32-26)20-12-10-18(11-13-20)17(2)3)31-27(36)19-14-24(35)33(15-19)22-8-6-7-9-23(22)39-4/h6-13,16-17,19H,5,14-15H2,1-4H3,(H,31,36). The van der Waals surface area contributed by atoms with Crippen LogP contribution in [-0.2, 0) is 14.3 Å². The number of methoxy groups -OCH3 is 1. The minimum atomic E-state index is -0.672. The smallest absolute Gasteiger partial charge is 0.359 e. The minimum Gasteiger partial charge on any atom is -0.495 e. The van der Waals surface area contributed by atoms with Crippen LogP contribution in [0.2, 0.25) is 0 Å². The molecule has 1 aliphatic rings. The Labute approximate surface area is 240 Å². The first-order chi connectivity index (χ1) is 19.7. The van der Waals surface area contributed by atoms with Gasteiger partial charge in [0.15, 0.2) is 5.69 Å². The molecule has 1 fully saturated rings. The molecular weight excluding hydrogens is 544 g/mol. The number of anilines is 2. The van der Waals surface area contributed by atoms with E-state index in [0.29, 0.717) is 28.4 Å². The van der Waals surface area contributed by atoms with Gasteiger partial charge in [0, 0.05) is 23.7 Å². The summed E-state index contributed by atoms with van der Waals surface area (Å²) in [6, 6.07) is 14.5. The fourth-order valence-corrected chi connectivity index (χ4v) is 5.79. The van der Waals surface area contributed by atoms with E-state index in [1.165, 1.54) is 12.0 Å². The Balaban J connectivity index is 1.50. The number of carbonyl (C=O) groups excluding carboxylic acids is 3. The number of nitrogens with one attached hydrogen (secondary N) is 1. The van der Waals surface area contributed by atoms with Gasteiger partial charge in [-0.15, -0.1) is 11.3 Å². The highest BCUT2D eigenvalue weighted by molar-refractivity contribution is 7.16. The molecule has 41 heavy (non-hydrogen) atoms. The zero-order valence-corrected chi connectivity index (χ0v) is 24.0. The molecule has 2 aromatic heterocycles. The molecule has 5 rings (SSSR count). The van der Waals surface area contributed by atoms with Crippen LogP contribution in [0.3, 0.4) is 0 Å². The quantitative estimate of drug-likeness (QED) is 0.302. The largest absolute Gasteiger partial charge is 0.495 e. The number of nitrogens with zero attached hydrogens (tertiary/aromatic N) is 3. The number of esters is 1. The number of hydrogen-bond donors (Lipinski definition) is 1. The molecule has 1 N–H and O–H groups in total. The van der Waals surface area contributed by atoms with Crippen molar-refractivity contribution in [2.45, 2.75) is 33.1 Å². The van der Waals surface area contributed by atoms with E-state index < -0.39 is 23.4 Å². The maximum Gasteiger partial charge on any atom is 0.359 e. The number of rotatable bonds is 8. The molecule has 1 unspecified atom stereocenters. The molecule has 11 heteroatoms. The average Bonchev–Trinajstić information content (AvgIpc) is 3.57. The lowest BCUT2D eigenvalue weighted by molar-refractivity contribution is -0.122. The number of hydrogen-bond acceptors (Lipinski definition) is 8. The van der Waals surface area contributed by atoms with Gasteiger partial charge in [0.25, 0.3) is 5.56 Å². The molecule has 0 spiro atoms. The highest BCUT2D eigenvalue weighted by Gasteiger charge is 2.37. The predicted molar refractivity (Wildman–Crippen MR) is 157 cm³/mol. The Kier molecular flexibility index (Phi) is 7.89. The summed E-state index contributed by atoms with van der Waals surface area (Å²) in [6.07, 6.45) is 0.00918. The summed E-state index contributed by atoms with van der Waals surface area (Å²) in [6.45, 7) is 6.12. The maximum atomic E-state index is 13.8. The van der Waals surface area contributed by atoms with E-state index >= 15 is 0 Å². The van der Waals surface area contributed by atoms with E-state index in [1.54, 1.807) is 48.7 Å². The van der Waals surface area contributed by atoms with Crippen LogP contribution in [-0.4, -0.2) is 47.8 Å². The molecule has 2 amide bonds. The van der Waals surface area contributed by atoms with Gasteiger partial charge < -0.3 is 19.7 Å². The summed E-state index contributed by atoms with van der Waals surface area (Å²) in [7, 11) is 1.52. The molecule has 4 aromatic rings. The highest BCUT2D eigenvalue weighted by Crippen LogP contribution is 2.35. The Morgan fingerprint density at radius 2 is 1.85 bits per heavy atom. The van der Waals surface area contributed by atoms with Gasteiger partial charge in [0.2, 0.25) is 11.8 Å². The number of amides is 2. The van der Waals surface area contributed by atoms with Crippen molar-refractivity contribution in [3.05, 3.63) is 75.5 Å². The lowest BCUT2D eigenvalue weighted by Gasteiger charge is -2.19. The molecule has 10 nitrogen and oxygen atoms in total. The fourth-order valence-electron chi connectivity index (χ4n) is 4.85. The van der Waals surface area contributed by atoms with Crippen LogP contribution in [0.1, 0.15) is 49.2 Å². The van der Waals surface area contributed by atoms with Crippen LogP contribution in [0.4, 0.5) is 10.7 Å². The third-order valence-corrected chi connectivity index (χ3v) is 7.93. The summed E-state index contributed by atoms with van der Waals surface area (Å²) in [5.74, 6) is -1.09. The van der Waals surface area contributed by atoms with E-state index in [0.717, 1.165) is 21.6 Å². The Morgan fingerprint density at radius 3 is 2.54 bits per heavy atom. The molecule has 0 radical (unpaired) electrons. The number of thiophene rings is 1. The predicted octanol–water partition coefficient (Wildman–Crippen LogP) is 4.75. The molecular formula is C30H30N4O6S. The van der Waals surface area contributed by atoms with Crippen molar-refractivity contribution in [3.8, 4) is 11.4 Å². The van der Waals surface area contributed by atoms with Crippen molar-refractivity contribution in [2.24, 2.45) is 5.92 Å². The third-order valence-electron chi connectivity index (χ3n) is 7.03. The Hall–Kier alpha value is -4.51. The van der Waals surface area contributed by atoms with Crippen molar-refractivity contribution < 1.29 is 23.9 Å². The van der Waals surface area contributed by atoms with Crippen LogP contribution in [0, 0.1) is 5.92 Å². The summed E-state index contributed by atoms with van der Waals surface area (Å²) in [5.41, 5.74) is 1.65. The van der Waals surface area contributed by atoms with E-state index in [1.807, 2.05) is 12.1 Å². The summed E-state index contributed by atoms with van der Waals surface area (Å²) < 4.78 is 11.8. The monoisotopic (exact) mass is 574 g/mol. The van der Waals surface area contributed by atoms with Crippen LogP contribution in [0.25, 0.3) is 16.5 Å². The number of para-hydroxylation sites is 2. The van der Waals surface area contributed by atoms with Gasteiger partial charge in [0.05, 0.1) is 36.4 Å². The second kappa shape index (κ2) is 11.5. The van der Waals surface area contributed by atoms with Gasteiger partial charge in [-0.25, -0.2) is 4.79 Å². The zero-order chi connectivity index (χ0) is 29.3. The second-order valence-electron chi connectivity index (χ2n) is 9.95. The van der Waals surface area contributed by atoms with Crippen LogP contribution in [0.15, 0.2) is 58.7 Å². The first-order valence-electron chi connectivity index (χ1n) is 13.3. The molecule has 2 aromatic carbocycles. The topological polar surface area (TPSA) is 120 Å². The zero-order valence-electron chi connectivity index (χ0n) is 23.2. The van der Waals surface area contributed by atoms with Crippen molar-refractivity contribution in [1.82, 2.24) is 9.78 Å². The van der Waals surface area contributed by atoms with Crippen molar-refractivity contribution in [2.75, 3.05) is 30.5 Å². The first-order valence-corrected chi connectivity index (χ1v) is 14.2. The van der Waals surface area contributed by atoms with Gasteiger partial charge >= 0.3 is 5.97 Å². The molecule has 1 aliphatic heterocycles. The maximum absolute atomic E-state index is 13.8. The molecule has 1 atom stereocenters. The number of carbonyl (C=O) groups is 3. The van der Waals surface area contributed by atoms with Gasteiger partial charge in [-0.05, 0) is 42.7 Å². The molecule has 0 aliphatic carbocycles. The van der Waals surface area contributed by atoms with Crippen LogP contribution >= 0.6 is 11.3 Å². The van der Waals surface area contributed by atoms with Crippen LogP contribution in [0.5, 0.6) is 5.75 Å². The third kappa shape index (κ3) is 5.32. The second-order valence-corrected chi connectivity index (χ2v) is 10.8. The number of ether oxygens (including phenoxy) is 2. The molecule has 0 saturated carbocycles. The minimum absolute atomic E-state index is 0.00918. The lowest BCUT2D eigenvalue weighted by Crippen LogP contribution is -2.29. The highest BCUT2D eigenvalue weighted by atomic mass is 32.1. The number of fused-ring (bicyclic) bond motifs is 1. The molecule has 1 saturated heterocycles. The SMILES string of the molecule is CCOC(=O)c1nn(-c2ccc(C(C)C)cc2)c(=O)c2c(NC(=O)C3CC(=O)N(c4ccccc4OC)C3)scc12. The van der Waals surface area contributed by atoms with Crippen molar-refractivity contribution >= 4 is 50.6 Å². The van der Waals surface area contributed by atoms with E-state index in [-0.39, 0.29) is 41.6 Å². The van der Waals surface area contributed by atoms with Gasteiger partial charge in [-0.2, -0.15) is 9.78 Å². The van der Waals surface area contributed by atoms with Crippen molar-refractivity contribution in [1.29, 1.82) is 0 Å². The molecule has 3 heterocycles. The van der Waals surface area contributed by atoms with Gasteiger partial charge in [0.1, 0.15) is 10.8 Å². The number of benzene rings is 2. The fraction of sp³-hybridized carbons (Fsp3) is 0.300. The van der Waals surface area contributed by atoms with Crippen LogP contribution < -0.4 is 20.5 Å².